The van der Waals surface area contributed by atoms with E-state index in [4.69, 9.17) is 4.42 Å². The fraction of sp³-hybridized carbons (Fsp3) is 0.136. The number of hydrogen-bond donors (Lipinski definition) is 1. The molecule has 7 nitrogen and oxygen atoms in total. The minimum absolute atomic E-state index is 0.0811. The average Bonchev–Trinajstić information content (AvgIpc) is 3.43. The SMILES string of the molecule is O=C(CSc1nnc(-c2ccco2)n1Cc1ccccc1)Nc1ccccc1OC(F)(F)F. The lowest BCUT2D eigenvalue weighted by Gasteiger charge is -2.14. The zero-order valence-electron chi connectivity index (χ0n) is 17.0. The number of alkyl halides is 3. The molecule has 0 radical (unpaired) electrons. The number of anilines is 1. The van der Waals surface area contributed by atoms with E-state index < -0.39 is 18.0 Å². The number of furan rings is 1. The van der Waals surface area contributed by atoms with Crippen LogP contribution in [0.2, 0.25) is 0 Å². The molecular formula is C22H17F3N4O3S. The number of rotatable bonds is 8. The largest absolute Gasteiger partial charge is 0.573 e. The summed E-state index contributed by atoms with van der Waals surface area (Å²) in [5.74, 6) is -0.0998. The van der Waals surface area contributed by atoms with Crippen LogP contribution in [0.15, 0.2) is 82.6 Å². The molecule has 2 heterocycles. The molecule has 0 fully saturated rings. The highest BCUT2D eigenvalue weighted by molar-refractivity contribution is 7.99. The number of thioether (sulfide) groups is 1. The molecule has 2 aromatic heterocycles. The topological polar surface area (TPSA) is 82.2 Å². The predicted octanol–water partition coefficient (Wildman–Crippen LogP) is 5.22. The second-order valence-corrected chi connectivity index (χ2v) is 7.68. The molecule has 4 aromatic rings. The Labute approximate surface area is 190 Å². The average molecular weight is 474 g/mol. The number of amides is 1. The van der Waals surface area contributed by atoms with Crippen molar-refractivity contribution < 1.29 is 27.1 Å². The predicted molar refractivity (Wildman–Crippen MR) is 116 cm³/mol. The molecule has 2 aromatic carbocycles. The number of halogens is 3. The summed E-state index contributed by atoms with van der Waals surface area (Å²) >= 11 is 1.10. The van der Waals surface area contributed by atoms with Gasteiger partial charge in [-0.15, -0.1) is 23.4 Å². The summed E-state index contributed by atoms with van der Waals surface area (Å²) in [4.78, 5) is 12.5. The Morgan fingerprint density at radius 1 is 1.03 bits per heavy atom. The molecule has 0 aliphatic carbocycles. The Bertz CT molecular complexity index is 1210. The van der Waals surface area contributed by atoms with Gasteiger partial charge in [-0.1, -0.05) is 54.2 Å². The molecular weight excluding hydrogens is 457 g/mol. The Morgan fingerprint density at radius 2 is 1.79 bits per heavy atom. The van der Waals surface area contributed by atoms with Crippen LogP contribution in [0.1, 0.15) is 5.56 Å². The normalized spacial score (nSPS) is 11.4. The lowest BCUT2D eigenvalue weighted by atomic mass is 10.2. The first-order chi connectivity index (χ1) is 15.9. The van der Waals surface area contributed by atoms with Gasteiger partial charge >= 0.3 is 6.36 Å². The highest BCUT2D eigenvalue weighted by Gasteiger charge is 2.32. The first kappa shape index (κ1) is 22.5. The number of hydrogen-bond acceptors (Lipinski definition) is 6. The standard InChI is InChI=1S/C22H17F3N4O3S/c23-22(24,25)32-17-10-5-4-9-16(17)26-19(30)14-33-21-28-27-20(18-11-6-12-31-18)29(21)13-15-7-2-1-3-8-15/h1-12H,13-14H2,(H,26,30). The van der Waals surface area contributed by atoms with Gasteiger partial charge in [-0.3, -0.25) is 9.36 Å². The van der Waals surface area contributed by atoms with Gasteiger partial charge in [0.05, 0.1) is 24.2 Å². The Balaban J connectivity index is 1.49. The third-order valence-electron chi connectivity index (χ3n) is 4.36. The van der Waals surface area contributed by atoms with Crippen molar-refractivity contribution in [2.24, 2.45) is 0 Å². The molecule has 33 heavy (non-hydrogen) atoms. The van der Waals surface area contributed by atoms with E-state index >= 15 is 0 Å². The Kier molecular flexibility index (Phi) is 6.68. The maximum Gasteiger partial charge on any atom is 0.573 e. The second-order valence-electron chi connectivity index (χ2n) is 6.74. The summed E-state index contributed by atoms with van der Waals surface area (Å²) in [6.45, 7) is 0.441. The van der Waals surface area contributed by atoms with Gasteiger partial charge < -0.3 is 14.5 Å². The first-order valence-corrected chi connectivity index (χ1v) is 10.7. The van der Waals surface area contributed by atoms with Gasteiger partial charge in [0.15, 0.2) is 16.7 Å². The molecule has 1 N–H and O–H groups in total. The zero-order valence-corrected chi connectivity index (χ0v) is 17.8. The molecule has 0 unspecified atom stereocenters. The van der Waals surface area contributed by atoms with E-state index in [1.54, 1.807) is 12.1 Å². The molecule has 0 atom stereocenters. The van der Waals surface area contributed by atoms with Gasteiger partial charge in [0.1, 0.15) is 0 Å². The number of carbonyl (C=O) groups is 1. The van der Waals surface area contributed by atoms with Gasteiger partial charge in [0, 0.05) is 0 Å². The summed E-state index contributed by atoms with van der Waals surface area (Å²) in [5.41, 5.74) is 0.914. The summed E-state index contributed by atoms with van der Waals surface area (Å²) in [5, 5.41) is 11.3. The second kappa shape index (κ2) is 9.82. The zero-order chi connectivity index (χ0) is 23.3. The molecule has 4 rings (SSSR count). The van der Waals surface area contributed by atoms with E-state index in [0.717, 1.165) is 23.4 Å². The van der Waals surface area contributed by atoms with E-state index in [2.05, 4.69) is 20.3 Å². The van der Waals surface area contributed by atoms with Crippen LogP contribution in [0.5, 0.6) is 5.75 Å². The number of nitrogens with one attached hydrogen (secondary N) is 1. The fourth-order valence-electron chi connectivity index (χ4n) is 2.99. The minimum Gasteiger partial charge on any atom is -0.461 e. The summed E-state index contributed by atoms with van der Waals surface area (Å²) < 4.78 is 49.0. The molecule has 11 heteroatoms. The number of ether oxygens (including phenoxy) is 1. The lowest BCUT2D eigenvalue weighted by molar-refractivity contribution is -0.274. The van der Waals surface area contributed by atoms with Crippen molar-refractivity contribution >= 4 is 23.4 Å². The molecule has 0 bridgehead atoms. The van der Waals surface area contributed by atoms with Crippen molar-refractivity contribution in [3.8, 4) is 17.3 Å². The number of para-hydroxylation sites is 2. The van der Waals surface area contributed by atoms with Crippen LogP contribution in [-0.2, 0) is 11.3 Å². The molecule has 1 amide bonds. The van der Waals surface area contributed by atoms with E-state index in [0.29, 0.717) is 23.3 Å². The highest BCUT2D eigenvalue weighted by atomic mass is 32.2. The van der Waals surface area contributed by atoms with Crippen LogP contribution >= 0.6 is 11.8 Å². The van der Waals surface area contributed by atoms with Gasteiger partial charge in [-0.2, -0.15) is 0 Å². The van der Waals surface area contributed by atoms with Gasteiger partial charge in [-0.05, 0) is 29.8 Å². The molecule has 170 valence electrons. The quantitative estimate of drug-likeness (QED) is 0.353. The smallest absolute Gasteiger partial charge is 0.461 e. The number of benzene rings is 2. The van der Waals surface area contributed by atoms with Crippen LogP contribution in [0.25, 0.3) is 11.6 Å². The number of aromatic nitrogens is 3. The van der Waals surface area contributed by atoms with E-state index in [-0.39, 0.29) is 11.4 Å². The Hall–Kier alpha value is -3.73. The van der Waals surface area contributed by atoms with Crippen LogP contribution in [0.3, 0.4) is 0 Å². The Morgan fingerprint density at radius 3 is 2.52 bits per heavy atom. The highest BCUT2D eigenvalue weighted by Crippen LogP contribution is 2.30. The monoisotopic (exact) mass is 474 g/mol. The maximum absolute atomic E-state index is 12.6. The summed E-state index contributed by atoms with van der Waals surface area (Å²) in [6.07, 6.45) is -3.34. The minimum atomic E-state index is -4.87. The molecule has 0 aliphatic heterocycles. The van der Waals surface area contributed by atoms with Crippen LogP contribution in [0.4, 0.5) is 18.9 Å². The van der Waals surface area contributed by atoms with Gasteiger partial charge in [0.25, 0.3) is 0 Å². The lowest BCUT2D eigenvalue weighted by Crippen LogP contribution is -2.20. The van der Waals surface area contributed by atoms with E-state index in [1.165, 1.54) is 24.5 Å². The maximum atomic E-state index is 12.6. The van der Waals surface area contributed by atoms with Crippen LogP contribution in [-0.4, -0.2) is 32.8 Å². The first-order valence-electron chi connectivity index (χ1n) is 9.67. The van der Waals surface area contributed by atoms with E-state index in [9.17, 15) is 18.0 Å². The number of nitrogens with zero attached hydrogens (tertiary/aromatic N) is 3. The van der Waals surface area contributed by atoms with Crippen molar-refractivity contribution in [2.75, 3.05) is 11.1 Å². The van der Waals surface area contributed by atoms with Crippen molar-refractivity contribution in [3.63, 3.8) is 0 Å². The van der Waals surface area contributed by atoms with E-state index in [1.807, 2.05) is 34.9 Å². The molecule has 0 saturated carbocycles. The third kappa shape index (κ3) is 5.95. The molecule has 0 saturated heterocycles. The number of carbonyl (C=O) groups excluding carboxylic acids is 1. The summed E-state index contributed by atoms with van der Waals surface area (Å²) in [6, 6.07) is 18.4. The van der Waals surface area contributed by atoms with Crippen molar-refractivity contribution in [1.82, 2.24) is 14.8 Å². The fourth-order valence-corrected chi connectivity index (χ4v) is 3.73. The summed E-state index contributed by atoms with van der Waals surface area (Å²) in [7, 11) is 0. The molecule has 0 spiro atoms. The van der Waals surface area contributed by atoms with Gasteiger partial charge in [-0.25, -0.2) is 0 Å². The van der Waals surface area contributed by atoms with Crippen LogP contribution < -0.4 is 10.1 Å². The van der Waals surface area contributed by atoms with Crippen molar-refractivity contribution in [3.05, 3.63) is 78.6 Å². The molecule has 0 aliphatic rings. The third-order valence-corrected chi connectivity index (χ3v) is 5.33. The van der Waals surface area contributed by atoms with Crippen molar-refractivity contribution in [1.29, 1.82) is 0 Å². The van der Waals surface area contributed by atoms with Crippen LogP contribution in [0, 0.1) is 0 Å². The van der Waals surface area contributed by atoms with Crippen molar-refractivity contribution in [2.45, 2.75) is 18.1 Å². The van der Waals surface area contributed by atoms with Gasteiger partial charge in [0.2, 0.25) is 11.7 Å².